The summed E-state index contributed by atoms with van der Waals surface area (Å²) < 4.78 is 17.2. The van der Waals surface area contributed by atoms with Crippen LogP contribution >= 0.6 is 0 Å². The van der Waals surface area contributed by atoms with Gasteiger partial charge in [0.25, 0.3) is 0 Å². The van der Waals surface area contributed by atoms with Crippen molar-refractivity contribution in [1.82, 2.24) is 0 Å². The van der Waals surface area contributed by atoms with Gasteiger partial charge in [0, 0.05) is 19.3 Å². The fraction of sp³-hybridized carbons (Fsp3) is 0.795. The molecule has 1 N–H and O–H groups in total. The number of unbranched alkanes of at least 4 members (excludes halogenated alkanes) is 19. The number of carbonyl (C=O) groups excluding carboxylic acids is 2. The molecule has 2 unspecified atom stereocenters. The predicted molar refractivity (Wildman–Crippen MR) is 215 cm³/mol. The van der Waals surface area contributed by atoms with E-state index in [0.29, 0.717) is 19.3 Å². The number of likely N-dealkylation sites (N-methyl/N-ethyl adjacent to an activating group) is 1. The molecule has 0 bridgehead atoms. The minimum Gasteiger partial charge on any atom is -0.477 e. The molecule has 0 spiro atoms. The Morgan fingerprint density at radius 1 is 0.596 bits per heavy atom. The summed E-state index contributed by atoms with van der Waals surface area (Å²) in [6.07, 6.45) is 38.9. The number of nitrogens with zero attached hydrogens (tertiary/aromatic N) is 1. The highest BCUT2D eigenvalue weighted by Gasteiger charge is 2.31. The Kier molecular flexibility index (Phi) is 33.9. The first kappa shape index (κ1) is 49.6. The topological polar surface area (TPSA) is 99.1 Å². The van der Waals surface area contributed by atoms with Crippen LogP contribution in [0.1, 0.15) is 174 Å². The molecule has 0 aromatic carbocycles. The monoisotopic (exact) mass is 735 g/mol. The lowest BCUT2D eigenvalue weighted by atomic mass is 10.0. The van der Waals surface area contributed by atoms with Crippen LogP contribution in [0.2, 0.25) is 0 Å². The van der Waals surface area contributed by atoms with Crippen LogP contribution in [0.25, 0.3) is 0 Å². The van der Waals surface area contributed by atoms with Gasteiger partial charge in [-0.2, -0.15) is 0 Å². The third-order valence-electron chi connectivity index (χ3n) is 9.37. The maximum atomic E-state index is 12.7. The van der Waals surface area contributed by atoms with Crippen LogP contribution in [-0.4, -0.2) is 80.6 Å². The number of hydrogen-bond acceptors (Lipinski definition) is 6. The Morgan fingerprint density at radius 3 is 1.58 bits per heavy atom. The number of rotatable bonds is 37. The van der Waals surface area contributed by atoms with E-state index in [4.69, 9.17) is 14.2 Å². The van der Waals surface area contributed by atoms with Crippen LogP contribution < -0.4 is 0 Å². The number of carboxylic acid groups (broad SMARTS) is 1. The van der Waals surface area contributed by atoms with Gasteiger partial charge in [-0.05, 0) is 32.1 Å². The maximum Gasteiger partial charge on any atom is 0.362 e. The van der Waals surface area contributed by atoms with Crippen molar-refractivity contribution in [3.63, 3.8) is 0 Å². The standard InChI is InChI=1S/C44H79NO7/c1-6-8-10-12-14-16-18-20-21-23-25-27-29-31-33-35-43(47)52-40(38-50-37-36-41(44(48)49)45(3,4)5)39-51-42(46)34-32-30-28-26-24-22-19-17-15-13-11-9-7-2/h8,10,12,14,16,18,40-41H,6-7,9,11,13,15,17,19-39H2,1-5H3/p+1/b10-8+,14-12+,18-16+. The zero-order chi connectivity index (χ0) is 38.5. The first-order valence-corrected chi connectivity index (χ1v) is 21.1. The van der Waals surface area contributed by atoms with Gasteiger partial charge in [-0.1, -0.05) is 159 Å². The molecular weight excluding hydrogens is 654 g/mol. The molecule has 0 aliphatic heterocycles. The van der Waals surface area contributed by atoms with Gasteiger partial charge in [0.1, 0.15) is 6.61 Å². The summed E-state index contributed by atoms with van der Waals surface area (Å²) >= 11 is 0. The summed E-state index contributed by atoms with van der Waals surface area (Å²) in [6, 6.07) is -0.614. The SMILES string of the molecule is CC/C=C/C=C/C=C/CCCCCCCCCC(=O)OC(COCCC(C(=O)O)[N+](C)(C)C)COC(=O)CCCCCCCCCCCCCCC. The van der Waals surface area contributed by atoms with Gasteiger partial charge in [-0.3, -0.25) is 9.59 Å². The number of carboxylic acids is 1. The molecule has 302 valence electrons. The molecule has 52 heavy (non-hydrogen) atoms. The molecule has 0 amide bonds. The van der Waals surface area contributed by atoms with Crippen LogP contribution in [0.5, 0.6) is 0 Å². The van der Waals surface area contributed by atoms with E-state index >= 15 is 0 Å². The van der Waals surface area contributed by atoms with Crippen molar-refractivity contribution >= 4 is 17.9 Å². The van der Waals surface area contributed by atoms with Crippen LogP contribution in [0, 0.1) is 0 Å². The molecule has 8 nitrogen and oxygen atoms in total. The molecule has 0 aliphatic rings. The third kappa shape index (κ3) is 33.4. The highest BCUT2D eigenvalue weighted by atomic mass is 16.6. The van der Waals surface area contributed by atoms with Gasteiger partial charge in [0.05, 0.1) is 34.4 Å². The van der Waals surface area contributed by atoms with E-state index in [2.05, 4.69) is 50.3 Å². The average Bonchev–Trinajstić information content (AvgIpc) is 3.09. The van der Waals surface area contributed by atoms with Gasteiger partial charge in [-0.25, -0.2) is 4.79 Å². The van der Waals surface area contributed by atoms with Crippen molar-refractivity contribution in [2.75, 3.05) is 41.0 Å². The van der Waals surface area contributed by atoms with E-state index in [9.17, 15) is 19.5 Å². The molecule has 0 fully saturated rings. The summed E-state index contributed by atoms with van der Waals surface area (Å²) in [5.74, 6) is -1.48. The second kappa shape index (κ2) is 35.6. The van der Waals surface area contributed by atoms with Crippen molar-refractivity contribution in [3.8, 4) is 0 Å². The fourth-order valence-corrected chi connectivity index (χ4v) is 6.09. The second-order valence-electron chi connectivity index (χ2n) is 15.3. The molecule has 0 rings (SSSR count). The summed E-state index contributed by atoms with van der Waals surface area (Å²) in [6.45, 7) is 4.59. The third-order valence-corrected chi connectivity index (χ3v) is 9.37. The molecule has 0 saturated carbocycles. The molecule has 8 heteroatoms. The summed E-state index contributed by atoms with van der Waals surface area (Å²) in [5, 5.41) is 9.60. The lowest BCUT2D eigenvalue weighted by Gasteiger charge is -2.31. The Bertz CT molecular complexity index is 953. The minimum atomic E-state index is -0.877. The number of esters is 2. The number of carbonyl (C=O) groups is 3. The lowest BCUT2D eigenvalue weighted by molar-refractivity contribution is -0.887. The quantitative estimate of drug-likeness (QED) is 0.0293. The van der Waals surface area contributed by atoms with Crippen LogP contribution in [0.15, 0.2) is 36.5 Å². The van der Waals surface area contributed by atoms with Crippen LogP contribution in [-0.2, 0) is 28.6 Å². The smallest absolute Gasteiger partial charge is 0.362 e. The van der Waals surface area contributed by atoms with Crippen molar-refractivity contribution in [3.05, 3.63) is 36.5 Å². The second-order valence-corrected chi connectivity index (χ2v) is 15.3. The van der Waals surface area contributed by atoms with E-state index in [-0.39, 0.29) is 36.2 Å². The maximum absolute atomic E-state index is 12.7. The van der Waals surface area contributed by atoms with Gasteiger partial charge in [-0.15, -0.1) is 0 Å². The van der Waals surface area contributed by atoms with Gasteiger partial charge in [0.15, 0.2) is 12.1 Å². The van der Waals surface area contributed by atoms with E-state index < -0.39 is 18.1 Å². The first-order valence-electron chi connectivity index (χ1n) is 21.1. The van der Waals surface area contributed by atoms with E-state index in [1.54, 1.807) is 0 Å². The zero-order valence-corrected chi connectivity index (χ0v) is 34.3. The number of hydrogen-bond donors (Lipinski definition) is 1. The Hall–Kier alpha value is -2.45. The number of aliphatic carboxylic acids is 1. The van der Waals surface area contributed by atoms with Crippen molar-refractivity contribution in [1.29, 1.82) is 0 Å². The van der Waals surface area contributed by atoms with Crippen LogP contribution in [0.3, 0.4) is 0 Å². The lowest BCUT2D eigenvalue weighted by Crippen LogP contribution is -2.50. The van der Waals surface area contributed by atoms with Gasteiger partial charge < -0.3 is 23.8 Å². The molecule has 0 saturated heterocycles. The van der Waals surface area contributed by atoms with Crippen LogP contribution in [0.4, 0.5) is 0 Å². The molecule has 0 heterocycles. The van der Waals surface area contributed by atoms with Crippen molar-refractivity contribution in [2.45, 2.75) is 187 Å². The minimum absolute atomic E-state index is 0.0535. The Balaban J connectivity index is 4.38. The number of quaternary nitrogens is 1. The number of ether oxygens (including phenoxy) is 3. The predicted octanol–water partition coefficient (Wildman–Crippen LogP) is 11.1. The van der Waals surface area contributed by atoms with Gasteiger partial charge >= 0.3 is 17.9 Å². The highest BCUT2D eigenvalue weighted by Crippen LogP contribution is 2.15. The fourth-order valence-electron chi connectivity index (χ4n) is 6.09. The van der Waals surface area contributed by atoms with Crippen molar-refractivity contribution in [2.24, 2.45) is 0 Å². The van der Waals surface area contributed by atoms with E-state index in [0.717, 1.165) is 57.8 Å². The summed E-state index contributed by atoms with van der Waals surface area (Å²) in [5.41, 5.74) is 0. The number of allylic oxidation sites excluding steroid dienone is 6. The van der Waals surface area contributed by atoms with E-state index in [1.807, 2.05) is 21.1 Å². The average molecular weight is 735 g/mol. The zero-order valence-electron chi connectivity index (χ0n) is 34.3. The van der Waals surface area contributed by atoms with Crippen molar-refractivity contribution < 1.29 is 38.2 Å². The molecule has 0 aromatic rings. The first-order chi connectivity index (χ1) is 25.1. The molecule has 0 aliphatic carbocycles. The largest absolute Gasteiger partial charge is 0.477 e. The summed E-state index contributed by atoms with van der Waals surface area (Å²) in [7, 11) is 5.52. The van der Waals surface area contributed by atoms with Gasteiger partial charge in [0.2, 0.25) is 0 Å². The molecule has 2 atom stereocenters. The molecule has 0 radical (unpaired) electrons. The highest BCUT2D eigenvalue weighted by molar-refractivity contribution is 5.72. The normalized spacial score (nSPS) is 13.3. The molecule has 0 aromatic heterocycles. The Labute approximate surface area is 319 Å². The summed E-state index contributed by atoms with van der Waals surface area (Å²) in [4.78, 5) is 36.9. The van der Waals surface area contributed by atoms with E-state index in [1.165, 1.54) is 83.5 Å². The Morgan fingerprint density at radius 2 is 1.08 bits per heavy atom. The molecular formula is C44H80NO7+.